The van der Waals surface area contributed by atoms with Crippen molar-refractivity contribution in [1.29, 1.82) is 0 Å². The van der Waals surface area contributed by atoms with Crippen LogP contribution in [0, 0.1) is 0 Å². The third-order valence-corrected chi connectivity index (χ3v) is 3.41. The smallest absolute Gasteiger partial charge is 0.318 e. The number of halogens is 1. The average molecular weight is 250 g/mol. The first-order valence-electron chi connectivity index (χ1n) is 6.00. The van der Waals surface area contributed by atoms with Crippen LogP contribution in [-0.4, -0.2) is 29.8 Å². The number of rotatable bonds is 9. The number of ether oxygens (including phenoxy) is 1. The van der Waals surface area contributed by atoms with Crippen molar-refractivity contribution >= 4 is 17.7 Å². The van der Waals surface area contributed by atoms with Gasteiger partial charge in [0.1, 0.15) is 0 Å². The number of unbranched alkanes of at least 4 members (excludes halogenated alkanes) is 1. The minimum absolute atomic E-state index is 0.133. The molecule has 0 aliphatic heterocycles. The Bertz CT molecular complexity index is 186. The van der Waals surface area contributed by atoms with Crippen molar-refractivity contribution in [2.24, 2.45) is 0 Å². The van der Waals surface area contributed by atoms with E-state index in [1.54, 1.807) is 18.7 Å². The van der Waals surface area contributed by atoms with Gasteiger partial charge < -0.3 is 4.74 Å². The Morgan fingerprint density at radius 1 is 1.38 bits per heavy atom. The number of hydrogen-bond donors (Lipinski definition) is 0. The molecule has 96 valence electrons. The number of carbonyl (C=O) groups excluding carboxylic acids is 1. The molecule has 0 aliphatic rings. The first-order chi connectivity index (χ1) is 7.57. The van der Waals surface area contributed by atoms with E-state index >= 15 is 0 Å². The van der Waals surface area contributed by atoms with E-state index in [1.165, 1.54) is 0 Å². The molecule has 0 bridgehead atoms. The summed E-state index contributed by atoms with van der Waals surface area (Å²) in [5.74, 6) is 0.671. The number of thioether (sulfide) groups is 1. The van der Waals surface area contributed by atoms with Crippen molar-refractivity contribution in [3.63, 3.8) is 0 Å². The van der Waals surface area contributed by atoms with E-state index in [-0.39, 0.29) is 11.2 Å². The Kier molecular flexibility index (Phi) is 9.78. The molecule has 0 saturated carbocycles. The van der Waals surface area contributed by atoms with Crippen LogP contribution < -0.4 is 0 Å². The van der Waals surface area contributed by atoms with Crippen LogP contribution in [0.4, 0.5) is 4.39 Å². The molecule has 16 heavy (non-hydrogen) atoms. The van der Waals surface area contributed by atoms with Crippen LogP contribution in [0.2, 0.25) is 0 Å². The van der Waals surface area contributed by atoms with Crippen LogP contribution in [-0.2, 0) is 9.53 Å². The highest BCUT2D eigenvalue weighted by Gasteiger charge is 2.14. The van der Waals surface area contributed by atoms with Gasteiger partial charge in [0.25, 0.3) is 0 Å². The summed E-state index contributed by atoms with van der Waals surface area (Å²) in [6, 6.07) is 0. The van der Waals surface area contributed by atoms with E-state index < -0.39 is 6.17 Å². The molecule has 0 spiro atoms. The lowest BCUT2D eigenvalue weighted by molar-refractivity contribution is -0.142. The first-order valence-corrected chi connectivity index (χ1v) is 7.05. The fourth-order valence-corrected chi connectivity index (χ4v) is 2.02. The maximum absolute atomic E-state index is 12.5. The van der Waals surface area contributed by atoms with Gasteiger partial charge in [-0.1, -0.05) is 13.3 Å². The SMILES string of the molecule is CCCCOC(=O)C(C)SCCCC(C)F. The van der Waals surface area contributed by atoms with Crippen LogP contribution in [0.3, 0.4) is 0 Å². The molecule has 4 heteroatoms. The van der Waals surface area contributed by atoms with Gasteiger partial charge >= 0.3 is 5.97 Å². The normalized spacial score (nSPS) is 14.5. The molecule has 0 aromatic carbocycles. The molecular formula is C12H23FO2S. The highest BCUT2D eigenvalue weighted by atomic mass is 32.2. The summed E-state index contributed by atoms with van der Waals surface area (Å²) in [4.78, 5) is 11.4. The van der Waals surface area contributed by atoms with E-state index in [0.29, 0.717) is 13.0 Å². The Hall–Kier alpha value is -0.250. The molecule has 0 N–H and O–H groups in total. The second kappa shape index (κ2) is 9.94. The predicted octanol–water partition coefficient (Wildman–Crippen LogP) is 3.59. The lowest BCUT2D eigenvalue weighted by atomic mass is 10.2. The lowest BCUT2D eigenvalue weighted by Crippen LogP contribution is -2.18. The zero-order chi connectivity index (χ0) is 12.4. The number of hydrogen-bond acceptors (Lipinski definition) is 3. The summed E-state index contributed by atoms with van der Waals surface area (Å²) < 4.78 is 17.6. The molecule has 0 aliphatic carbocycles. The third kappa shape index (κ3) is 9.01. The molecule has 2 atom stereocenters. The Labute approximate surface area is 102 Å². The van der Waals surface area contributed by atoms with Crippen LogP contribution in [0.5, 0.6) is 0 Å². The fraction of sp³-hybridized carbons (Fsp3) is 0.917. The van der Waals surface area contributed by atoms with Crippen molar-refractivity contribution in [3.8, 4) is 0 Å². The molecule has 0 aromatic heterocycles. The second-order valence-electron chi connectivity index (χ2n) is 3.96. The molecule has 0 fully saturated rings. The van der Waals surface area contributed by atoms with Gasteiger partial charge in [-0.05, 0) is 38.9 Å². The minimum Gasteiger partial charge on any atom is -0.465 e. The topological polar surface area (TPSA) is 26.3 Å². The quantitative estimate of drug-likeness (QED) is 0.462. The largest absolute Gasteiger partial charge is 0.465 e. The number of carbonyl (C=O) groups is 1. The van der Waals surface area contributed by atoms with E-state index in [2.05, 4.69) is 6.92 Å². The number of esters is 1. The second-order valence-corrected chi connectivity index (χ2v) is 5.41. The van der Waals surface area contributed by atoms with Gasteiger partial charge in [-0.3, -0.25) is 4.79 Å². The standard InChI is InChI=1S/C12H23FO2S/c1-4-5-8-15-12(14)11(3)16-9-6-7-10(2)13/h10-11H,4-9H2,1-3H3. The average Bonchev–Trinajstić information content (AvgIpc) is 2.24. The molecule has 0 amide bonds. The van der Waals surface area contributed by atoms with E-state index in [0.717, 1.165) is 25.0 Å². The summed E-state index contributed by atoms with van der Waals surface area (Å²) in [6.07, 6.45) is 2.60. The maximum atomic E-state index is 12.5. The van der Waals surface area contributed by atoms with Gasteiger partial charge in [0, 0.05) is 0 Å². The number of alkyl halides is 1. The summed E-state index contributed by atoms with van der Waals surface area (Å²) in [5.41, 5.74) is 0. The molecule has 0 heterocycles. The minimum atomic E-state index is -0.743. The van der Waals surface area contributed by atoms with Crippen LogP contribution in [0.1, 0.15) is 46.5 Å². The molecular weight excluding hydrogens is 227 g/mol. The van der Waals surface area contributed by atoms with Crippen molar-refractivity contribution < 1.29 is 13.9 Å². The van der Waals surface area contributed by atoms with Gasteiger partial charge in [-0.2, -0.15) is 0 Å². The maximum Gasteiger partial charge on any atom is 0.318 e. The molecule has 0 saturated heterocycles. The monoisotopic (exact) mass is 250 g/mol. The highest BCUT2D eigenvalue weighted by molar-refractivity contribution is 8.00. The van der Waals surface area contributed by atoms with Gasteiger partial charge in [0.2, 0.25) is 0 Å². The van der Waals surface area contributed by atoms with Crippen molar-refractivity contribution in [1.82, 2.24) is 0 Å². The Morgan fingerprint density at radius 2 is 2.06 bits per heavy atom. The zero-order valence-corrected chi connectivity index (χ0v) is 11.3. The van der Waals surface area contributed by atoms with Crippen molar-refractivity contribution in [2.45, 2.75) is 57.9 Å². The molecule has 0 aromatic rings. The lowest BCUT2D eigenvalue weighted by Gasteiger charge is -2.11. The Balaban J connectivity index is 3.47. The van der Waals surface area contributed by atoms with Gasteiger partial charge in [-0.25, -0.2) is 4.39 Å². The van der Waals surface area contributed by atoms with Crippen LogP contribution in [0.15, 0.2) is 0 Å². The molecule has 2 unspecified atom stereocenters. The van der Waals surface area contributed by atoms with Gasteiger partial charge in [-0.15, -0.1) is 11.8 Å². The van der Waals surface area contributed by atoms with E-state index in [4.69, 9.17) is 4.74 Å². The summed E-state index contributed by atoms with van der Waals surface area (Å²) in [7, 11) is 0. The molecule has 0 radical (unpaired) electrons. The van der Waals surface area contributed by atoms with Gasteiger partial charge in [0.05, 0.1) is 18.0 Å². The van der Waals surface area contributed by atoms with Crippen molar-refractivity contribution in [3.05, 3.63) is 0 Å². The fourth-order valence-electron chi connectivity index (χ4n) is 1.13. The van der Waals surface area contributed by atoms with Crippen LogP contribution in [0.25, 0.3) is 0 Å². The third-order valence-electron chi connectivity index (χ3n) is 2.19. The summed E-state index contributed by atoms with van der Waals surface area (Å²) in [5, 5.41) is -0.133. The van der Waals surface area contributed by atoms with E-state index in [9.17, 15) is 9.18 Å². The molecule has 0 rings (SSSR count). The predicted molar refractivity (Wildman–Crippen MR) is 67.6 cm³/mol. The zero-order valence-electron chi connectivity index (χ0n) is 10.5. The summed E-state index contributed by atoms with van der Waals surface area (Å²) in [6.45, 7) is 5.98. The Morgan fingerprint density at radius 3 is 2.62 bits per heavy atom. The van der Waals surface area contributed by atoms with Crippen molar-refractivity contribution in [2.75, 3.05) is 12.4 Å². The first kappa shape index (κ1) is 15.8. The summed E-state index contributed by atoms with van der Waals surface area (Å²) >= 11 is 1.54. The molecule has 2 nitrogen and oxygen atoms in total. The van der Waals surface area contributed by atoms with Gasteiger partial charge in [0.15, 0.2) is 0 Å². The van der Waals surface area contributed by atoms with E-state index in [1.807, 2.05) is 6.92 Å². The van der Waals surface area contributed by atoms with Crippen LogP contribution >= 0.6 is 11.8 Å². The highest BCUT2D eigenvalue weighted by Crippen LogP contribution is 2.15.